The molecule has 1 aromatic heterocycles. The number of H-pyrrole nitrogens is 1. The Balaban J connectivity index is 1.58. The van der Waals surface area contributed by atoms with E-state index >= 15 is 0 Å². The number of aliphatic carboxylic acids is 1. The molecule has 1 saturated heterocycles. The number of halogens is 1. The number of carbonyl (C=O) groups excluding carboxylic acids is 1. The third kappa shape index (κ3) is 3.72. The summed E-state index contributed by atoms with van der Waals surface area (Å²) in [6, 6.07) is 4.77. The summed E-state index contributed by atoms with van der Waals surface area (Å²) in [5.41, 5.74) is 1.98. The number of rotatable bonds is 5. The van der Waals surface area contributed by atoms with E-state index in [9.17, 15) is 14.0 Å². The number of aromatic nitrogens is 1. The molecule has 0 radical (unpaired) electrons. The number of hydrogen-bond acceptors (Lipinski definition) is 3. The van der Waals surface area contributed by atoms with Gasteiger partial charge in [-0.3, -0.25) is 9.59 Å². The summed E-state index contributed by atoms with van der Waals surface area (Å²) in [5.74, 6) is -0.643. The van der Waals surface area contributed by atoms with Gasteiger partial charge in [-0.1, -0.05) is 0 Å². The Kier molecular flexibility index (Phi) is 5.08. The Hall–Kier alpha value is -2.02. The van der Waals surface area contributed by atoms with E-state index in [4.69, 9.17) is 5.11 Å². The average Bonchev–Trinajstić information content (AvgIpc) is 2.97. The van der Waals surface area contributed by atoms with E-state index in [1.807, 2.05) is 6.20 Å². The molecule has 0 unspecified atom stereocenters. The highest BCUT2D eigenvalue weighted by molar-refractivity contribution is 8.00. The van der Waals surface area contributed by atoms with Crippen LogP contribution in [0.5, 0.6) is 0 Å². The van der Waals surface area contributed by atoms with Crippen molar-refractivity contribution in [2.24, 2.45) is 0 Å². The highest BCUT2D eigenvalue weighted by Gasteiger charge is 2.25. The van der Waals surface area contributed by atoms with Crippen LogP contribution in [0.25, 0.3) is 10.9 Å². The van der Waals surface area contributed by atoms with Crippen LogP contribution in [0.4, 0.5) is 4.39 Å². The lowest BCUT2D eigenvalue weighted by Crippen LogP contribution is -2.39. The van der Waals surface area contributed by atoms with E-state index in [1.54, 1.807) is 11.0 Å². The number of likely N-dealkylation sites (tertiary alicyclic amines) is 1. The molecule has 0 aliphatic carbocycles. The van der Waals surface area contributed by atoms with Gasteiger partial charge in [-0.25, -0.2) is 4.39 Å². The molecule has 2 aromatic rings. The maximum Gasteiger partial charge on any atom is 0.313 e. The van der Waals surface area contributed by atoms with Crippen molar-refractivity contribution in [3.63, 3.8) is 0 Å². The zero-order valence-corrected chi connectivity index (χ0v) is 13.9. The number of carboxylic acid groups (broad SMARTS) is 1. The summed E-state index contributed by atoms with van der Waals surface area (Å²) < 4.78 is 13.3. The molecule has 0 bridgehead atoms. The van der Waals surface area contributed by atoms with Gasteiger partial charge >= 0.3 is 5.97 Å². The monoisotopic (exact) mass is 350 g/mol. The Morgan fingerprint density at radius 2 is 2.04 bits per heavy atom. The number of benzene rings is 1. The zero-order chi connectivity index (χ0) is 17.1. The Morgan fingerprint density at radius 3 is 2.75 bits per heavy atom. The number of hydrogen-bond donors (Lipinski definition) is 2. The van der Waals surface area contributed by atoms with Crippen LogP contribution in [0.1, 0.15) is 24.3 Å². The van der Waals surface area contributed by atoms with E-state index in [2.05, 4.69) is 4.98 Å². The lowest BCUT2D eigenvalue weighted by molar-refractivity contribution is -0.133. The quantitative estimate of drug-likeness (QED) is 0.870. The fourth-order valence-electron chi connectivity index (χ4n) is 3.22. The first kappa shape index (κ1) is 16.8. The highest BCUT2D eigenvalue weighted by atomic mass is 32.2. The molecule has 5 nitrogen and oxygen atoms in total. The Labute approximate surface area is 143 Å². The summed E-state index contributed by atoms with van der Waals surface area (Å²) in [5, 5.41) is 9.65. The molecule has 1 fully saturated rings. The lowest BCUT2D eigenvalue weighted by Gasteiger charge is -2.32. The van der Waals surface area contributed by atoms with Gasteiger partial charge in [0.25, 0.3) is 0 Å². The molecule has 2 N–H and O–H groups in total. The van der Waals surface area contributed by atoms with E-state index in [0.717, 1.165) is 35.5 Å². The van der Waals surface area contributed by atoms with Crippen molar-refractivity contribution in [3.8, 4) is 0 Å². The van der Waals surface area contributed by atoms with Gasteiger partial charge in [0.2, 0.25) is 5.91 Å². The van der Waals surface area contributed by atoms with Crippen LogP contribution in [-0.2, 0) is 9.59 Å². The molecule has 2 heterocycles. The minimum atomic E-state index is -0.901. The summed E-state index contributed by atoms with van der Waals surface area (Å²) in [6.07, 6.45) is 3.66. The molecule has 0 atom stereocenters. The SMILES string of the molecule is O=C(O)CSCC(=O)N1CCC(c2c[nH]c3cc(F)ccc23)CC1. The molecular weight excluding hydrogens is 331 g/mol. The lowest BCUT2D eigenvalue weighted by atomic mass is 9.89. The maximum atomic E-state index is 13.3. The second-order valence-corrected chi connectivity index (χ2v) is 6.96. The molecule has 7 heteroatoms. The summed E-state index contributed by atoms with van der Waals surface area (Å²) in [7, 11) is 0. The molecule has 1 aliphatic rings. The van der Waals surface area contributed by atoms with Gasteiger partial charge in [0.1, 0.15) is 5.82 Å². The van der Waals surface area contributed by atoms with E-state index in [0.29, 0.717) is 19.0 Å². The van der Waals surface area contributed by atoms with Gasteiger partial charge < -0.3 is 15.0 Å². The van der Waals surface area contributed by atoms with Gasteiger partial charge in [-0.15, -0.1) is 11.8 Å². The first-order valence-electron chi connectivity index (χ1n) is 7.88. The fraction of sp³-hybridized carbons (Fsp3) is 0.412. The molecule has 1 aliphatic heterocycles. The molecule has 128 valence electrons. The van der Waals surface area contributed by atoms with Gasteiger partial charge in [0.05, 0.1) is 11.5 Å². The number of amides is 1. The summed E-state index contributed by atoms with van der Waals surface area (Å²) >= 11 is 1.13. The second kappa shape index (κ2) is 7.25. The van der Waals surface area contributed by atoms with Crippen molar-refractivity contribution >= 4 is 34.5 Å². The van der Waals surface area contributed by atoms with Crippen molar-refractivity contribution in [1.29, 1.82) is 0 Å². The van der Waals surface area contributed by atoms with Crippen molar-refractivity contribution in [2.45, 2.75) is 18.8 Å². The third-order valence-corrected chi connectivity index (χ3v) is 5.32. The Bertz CT molecular complexity index is 753. The number of carbonyl (C=O) groups is 2. The van der Waals surface area contributed by atoms with Crippen LogP contribution < -0.4 is 0 Å². The molecule has 3 rings (SSSR count). The van der Waals surface area contributed by atoms with E-state index in [-0.39, 0.29) is 23.2 Å². The van der Waals surface area contributed by atoms with Crippen molar-refractivity contribution in [2.75, 3.05) is 24.6 Å². The van der Waals surface area contributed by atoms with Crippen molar-refractivity contribution in [3.05, 3.63) is 35.8 Å². The standard InChI is InChI=1S/C17H19FN2O3S/c18-12-1-2-13-14(8-19-15(13)7-12)11-3-5-20(6-4-11)16(21)9-24-10-17(22)23/h1-2,7-8,11,19H,3-6,9-10H2,(H,22,23). The number of nitrogens with one attached hydrogen (secondary N) is 1. The summed E-state index contributed by atoms with van der Waals surface area (Å²) in [4.78, 5) is 27.5. The maximum absolute atomic E-state index is 13.3. The van der Waals surface area contributed by atoms with Crippen LogP contribution >= 0.6 is 11.8 Å². The first-order chi connectivity index (χ1) is 11.5. The average molecular weight is 350 g/mol. The van der Waals surface area contributed by atoms with Crippen LogP contribution in [0, 0.1) is 5.82 Å². The van der Waals surface area contributed by atoms with E-state index in [1.165, 1.54) is 17.7 Å². The van der Waals surface area contributed by atoms with Gasteiger partial charge in [-0.2, -0.15) is 0 Å². The second-order valence-electron chi connectivity index (χ2n) is 5.98. The van der Waals surface area contributed by atoms with Crippen LogP contribution in [0.15, 0.2) is 24.4 Å². The predicted molar refractivity (Wildman–Crippen MR) is 91.8 cm³/mol. The minimum absolute atomic E-state index is 0.000646. The van der Waals surface area contributed by atoms with Crippen molar-refractivity contribution < 1.29 is 19.1 Å². The van der Waals surface area contributed by atoms with Crippen LogP contribution in [0.3, 0.4) is 0 Å². The highest BCUT2D eigenvalue weighted by Crippen LogP contribution is 2.33. The van der Waals surface area contributed by atoms with Gasteiger partial charge in [-0.05, 0) is 42.5 Å². The predicted octanol–water partition coefficient (Wildman–Crippen LogP) is 2.83. The van der Waals surface area contributed by atoms with Crippen molar-refractivity contribution in [1.82, 2.24) is 9.88 Å². The first-order valence-corrected chi connectivity index (χ1v) is 9.04. The number of fused-ring (bicyclic) bond motifs is 1. The van der Waals surface area contributed by atoms with Gasteiger partial charge in [0, 0.05) is 30.2 Å². The number of nitrogens with zero attached hydrogens (tertiary/aromatic N) is 1. The number of piperidine rings is 1. The molecule has 1 aromatic carbocycles. The minimum Gasteiger partial charge on any atom is -0.481 e. The number of carboxylic acids is 1. The normalized spacial score (nSPS) is 15.8. The Morgan fingerprint density at radius 1 is 1.29 bits per heavy atom. The molecule has 24 heavy (non-hydrogen) atoms. The molecular formula is C17H19FN2O3S. The summed E-state index contributed by atoms with van der Waals surface area (Å²) in [6.45, 7) is 1.34. The molecule has 0 spiro atoms. The zero-order valence-electron chi connectivity index (χ0n) is 13.1. The topological polar surface area (TPSA) is 73.4 Å². The van der Waals surface area contributed by atoms with Crippen LogP contribution in [0.2, 0.25) is 0 Å². The largest absolute Gasteiger partial charge is 0.481 e. The fourth-order valence-corrected chi connectivity index (χ4v) is 3.85. The number of thioether (sulfide) groups is 1. The van der Waals surface area contributed by atoms with Crippen LogP contribution in [-0.4, -0.2) is 51.5 Å². The molecule has 1 amide bonds. The smallest absolute Gasteiger partial charge is 0.313 e. The third-order valence-electron chi connectivity index (χ3n) is 4.41. The number of aromatic amines is 1. The molecule has 0 saturated carbocycles. The van der Waals surface area contributed by atoms with Gasteiger partial charge in [0.15, 0.2) is 0 Å². The van der Waals surface area contributed by atoms with E-state index < -0.39 is 5.97 Å².